The van der Waals surface area contributed by atoms with E-state index in [1.807, 2.05) is 36.0 Å². The third kappa shape index (κ3) is 5.87. The average Bonchev–Trinajstić information content (AvgIpc) is 2.35. The van der Waals surface area contributed by atoms with Crippen LogP contribution >= 0.6 is 11.8 Å². The quantitative estimate of drug-likeness (QED) is 0.565. The molecule has 1 aromatic rings. The third-order valence-corrected chi connectivity index (χ3v) is 4.09. The maximum Gasteiger partial charge on any atom is 0.142 e. The summed E-state index contributed by atoms with van der Waals surface area (Å²) in [5, 5.41) is 0. The molecule has 0 bridgehead atoms. The minimum absolute atomic E-state index is 0.722. The van der Waals surface area contributed by atoms with Crippen molar-refractivity contribution < 1.29 is 4.74 Å². The summed E-state index contributed by atoms with van der Waals surface area (Å²) in [6.07, 6.45) is 2.35. The normalized spacial score (nSPS) is 12.4. The van der Waals surface area contributed by atoms with Crippen molar-refractivity contribution in [1.82, 2.24) is 0 Å². The maximum atomic E-state index is 5.79. The molecule has 0 fully saturated rings. The lowest BCUT2D eigenvalue weighted by Gasteiger charge is -2.09. The Morgan fingerprint density at radius 2 is 2.12 bits per heavy atom. The first-order valence-electron chi connectivity index (χ1n) is 6.29. The van der Waals surface area contributed by atoms with Gasteiger partial charge in [-0.15, -0.1) is 0 Å². The lowest BCUT2D eigenvalue weighted by Crippen LogP contribution is -2.02. The summed E-state index contributed by atoms with van der Waals surface area (Å²) in [5.41, 5.74) is 6.51. The van der Waals surface area contributed by atoms with E-state index in [-0.39, 0.29) is 0 Å². The summed E-state index contributed by atoms with van der Waals surface area (Å²) in [4.78, 5) is 0. The first-order valence-corrected chi connectivity index (χ1v) is 7.44. The molecule has 96 valence electrons. The topological polar surface area (TPSA) is 35.2 Å². The third-order valence-electron chi connectivity index (χ3n) is 2.71. The molecule has 0 aliphatic rings. The molecule has 0 amide bonds. The second-order valence-electron chi connectivity index (χ2n) is 4.33. The fourth-order valence-corrected chi connectivity index (χ4v) is 2.48. The van der Waals surface area contributed by atoms with E-state index in [1.54, 1.807) is 0 Å². The zero-order valence-electron chi connectivity index (χ0n) is 10.8. The van der Waals surface area contributed by atoms with E-state index in [0.29, 0.717) is 0 Å². The van der Waals surface area contributed by atoms with Gasteiger partial charge in [-0.3, -0.25) is 0 Å². The first-order chi connectivity index (χ1) is 8.24. The van der Waals surface area contributed by atoms with Crippen LogP contribution in [0.2, 0.25) is 0 Å². The summed E-state index contributed by atoms with van der Waals surface area (Å²) < 4.78 is 5.63. The van der Waals surface area contributed by atoms with Crippen LogP contribution in [0.15, 0.2) is 24.3 Å². The molecular weight excluding hydrogens is 230 g/mol. The molecule has 0 aliphatic carbocycles. The molecule has 2 nitrogen and oxygen atoms in total. The Hall–Kier alpha value is -0.830. The van der Waals surface area contributed by atoms with Crippen molar-refractivity contribution in [2.75, 3.05) is 23.8 Å². The number of thioether (sulfide) groups is 1. The summed E-state index contributed by atoms with van der Waals surface area (Å²) in [5.74, 6) is 4.05. The van der Waals surface area contributed by atoms with E-state index >= 15 is 0 Å². The lowest BCUT2D eigenvalue weighted by atomic mass is 10.2. The zero-order valence-corrected chi connectivity index (χ0v) is 11.6. The molecule has 0 aromatic heterocycles. The molecule has 0 saturated heterocycles. The SMILES string of the molecule is CCC(C)CSCCCOc1ccccc1N. The Morgan fingerprint density at radius 3 is 2.82 bits per heavy atom. The molecule has 0 radical (unpaired) electrons. The van der Waals surface area contributed by atoms with Gasteiger partial charge in [-0.05, 0) is 36.0 Å². The second kappa shape index (κ2) is 8.29. The summed E-state index contributed by atoms with van der Waals surface area (Å²) in [6, 6.07) is 7.65. The van der Waals surface area contributed by atoms with Crippen LogP contribution in [0.3, 0.4) is 0 Å². The molecule has 0 saturated carbocycles. The van der Waals surface area contributed by atoms with E-state index in [0.717, 1.165) is 36.1 Å². The Bertz CT molecular complexity index is 317. The molecular formula is C14H23NOS. The smallest absolute Gasteiger partial charge is 0.142 e. The summed E-state index contributed by atoms with van der Waals surface area (Å²) in [6.45, 7) is 5.29. The molecule has 1 unspecified atom stereocenters. The van der Waals surface area contributed by atoms with E-state index in [9.17, 15) is 0 Å². The molecule has 0 heterocycles. The van der Waals surface area contributed by atoms with Crippen molar-refractivity contribution in [3.8, 4) is 5.75 Å². The first kappa shape index (κ1) is 14.2. The monoisotopic (exact) mass is 253 g/mol. The van der Waals surface area contributed by atoms with Crippen molar-refractivity contribution in [3.05, 3.63) is 24.3 Å². The van der Waals surface area contributed by atoms with Crippen LogP contribution < -0.4 is 10.5 Å². The van der Waals surface area contributed by atoms with Gasteiger partial charge < -0.3 is 10.5 Å². The lowest BCUT2D eigenvalue weighted by molar-refractivity contribution is 0.320. The minimum Gasteiger partial charge on any atom is -0.491 e. The van der Waals surface area contributed by atoms with Gasteiger partial charge in [-0.1, -0.05) is 32.4 Å². The van der Waals surface area contributed by atoms with Crippen LogP contribution in [0, 0.1) is 5.92 Å². The molecule has 0 spiro atoms. The minimum atomic E-state index is 0.722. The van der Waals surface area contributed by atoms with E-state index in [1.165, 1.54) is 12.2 Å². The fourth-order valence-electron chi connectivity index (χ4n) is 1.36. The Morgan fingerprint density at radius 1 is 1.35 bits per heavy atom. The van der Waals surface area contributed by atoms with Gasteiger partial charge in [-0.25, -0.2) is 0 Å². The molecule has 0 aliphatic heterocycles. The molecule has 1 atom stereocenters. The van der Waals surface area contributed by atoms with Gasteiger partial charge in [0.2, 0.25) is 0 Å². The number of hydrogen-bond acceptors (Lipinski definition) is 3. The van der Waals surface area contributed by atoms with E-state index in [2.05, 4.69) is 13.8 Å². The van der Waals surface area contributed by atoms with Crippen molar-refractivity contribution in [3.63, 3.8) is 0 Å². The maximum absolute atomic E-state index is 5.79. The second-order valence-corrected chi connectivity index (χ2v) is 5.48. The highest BCUT2D eigenvalue weighted by atomic mass is 32.2. The Labute approximate surface area is 109 Å². The van der Waals surface area contributed by atoms with Gasteiger partial charge in [0.05, 0.1) is 12.3 Å². The summed E-state index contributed by atoms with van der Waals surface area (Å²) in [7, 11) is 0. The molecule has 2 N–H and O–H groups in total. The standard InChI is InChI=1S/C14H23NOS/c1-3-12(2)11-17-10-6-9-16-14-8-5-4-7-13(14)15/h4-5,7-8,12H,3,6,9-11,15H2,1-2H3. The van der Waals surface area contributed by atoms with Crippen molar-refractivity contribution in [2.45, 2.75) is 26.7 Å². The van der Waals surface area contributed by atoms with Gasteiger partial charge in [0, 0.05) is 0 Å². The average molecular weight is 253 g/mol. The van der Waals surface area contributed by atoms with Crippen LogP contribution in [-0.2, 0) is 0 Å². The van der Waals surface area contributed by atoms with Crippen LogP contribution in [0.5, 0.6) is 5.75 Å². The van der Waals surface area contributed by atoms with Crippen molar-refractivity contribution in [2.24, 2.45) is 5.92 Å². The number of nitrogen functional groups attached to an aromatic ring is 1. The predicted molar refractivity (Wildman–Crippen MR) is 77.7 cm³/mol. The van der Waals surface area contributed by atoms with Gasteiger partial charge in [0.15, 0.2) is 0 Å². The van der Waals surface area contributed by atoms with Crippen LogP contribution in [0.25, 0.3) is 0 Å². The number of anilines is 1. The summed E-state index contributed by atoms with van der Waals surface area (Å²) >= 11 is 2.01. The Balaban J connectivity index is 2.07. The highest BCUT2D eigenvalue weighted by molar-refractivity contribution is 7.99. The number of rotatable bonds is 8. The van der Waals surface area contributed by atoms with Crippen LogP contribution in [-0.4, -0.2) is 18.1 Å². The highest BCUT2D eigenvalue weighted by Gasteiger charge is 2.00. The number of nitrogens with two attached hydrogens (primary N) is 1. The zero-order chi connectivity index (χ0) is 12.5. The van der Waals surface area contributed by atoms with E-state index in [4.69, 9.17) is 10.5 Å². The van der Waals surface area contributed by atoms with Gasteiger partial charge in [0.25, 0.3) is 0 Å². The number of para-hydroxylation sites is 2. The predicted octanol–water partition coefficient (Wildman–Crippen LogP) is 3.82. The Kier molecular flexibility index (Phi) is 6.94. The van der Waals surface area contributed by atoms with Crippen molar-refractivity contribution >= 4 is 17.4 Å². The van der Waals surface area contributed by atoms with Gasteiger partial charge >= 0.3 is 0 Å². The van der Waals surface area contributed by atoms with Crippen LogP contribution in [0.1, 0.15) is 26.7 Å². The largest absolute Gasteiger partial charge is 0.491 e. The molecule has 1 rings (SSSR count). The highest BCUT2D eigenvalue weighted by Crippen LogP contribution is 2.20. The fraction of sp³-hybridized carbons (Fsp3) is 0.571. The van der Waals surface area contributed by atoms with Crippen LogP contribution in [0.4, 0.5) is 5.69 Å². The number of benzene rings is 1. The van der Waals surface area contributed by atoms with Gasteiger partial charge in [0.1, 0.15) is 5.75 Å². The van der Waals surface area contributed by atoms with E-state index < -0.39 is 0 Å². The molecule has 1 aromatic carbocycles. The number of hydrogen-bond donors (Lipinski definition) is 1. The molecule has 17 heavy (non-hydrogen) atoms. The molecule has 3 heteroatoms. The van der Waals surface area contributed by atoms with Crippen molar-refractivity contribution in [1.29, 1.82) is 0 Å². The number of ether oxygens (including phenoxy) is 1. The van der Waals surface area contributed by atoms with Gasteiger partial charge in [-0.2, -0.15) is 11.8 Å².